The lowest BCUT2D eigenvalue weighted by molar-refractivity contribution is -0.118. The van der Waals surface area contributed by atoms with Crippen LogP contribution in [0.1, 0.15) is 25.3 Å². The quantitative estimate of drug-likeness (QED) is 0.443. The monoisotopic (exact) mass is 447 g/mol. The van der Waals surface area contributed by atoms with Crippen molar-refractivity contribution in [2.24, 2.45) is 0 Å². The third kappa shape index (κ3) is 4.49. The summed E-state index contributed by atoms with van der Waals surface area (Å²) in [5, 5.41) is 4.13. The first kappa shape index (κ1) is 20.8. The van der Waals surface area contributed by atoms with Gasteiger partial charge >= 0.3 is 0 Å². The number of thiazole rings is 1. The minimum atomic E-state index is -0.311. The number of carbonyl (C=O) groups excluding carboxylic acids is 1. The number of aromatic nitrogens is 3. The average Bonchev–Trinajstić information content (AvgIpc) is 3.42. The van der Waals surface area contributed by atoms with E-state index in [9.17, 15) is 14.0 Å². The standard InChI is InChI=1S/C20H22FN5O2S2/c1-2-26-18(28)16-17(23-19(30-16)25-9-3-4-10-25)24-20(26)29-12-15(27)22-11-13-5-7-14(21)8-6-13/h5-8H,2-4,9-12H2,1H3,(H,22,27). The fourth-order valence-corrected chi connectivity index (χ4v) is 5.18. The molecule has 1 N–H and O–H groups in total. The van der Waals surface area contributed by atoms with Crippen LogP contribution in [0, 0.1) is 5.82 Å². The summed E-state index contributed by atoms with van der Waals surface area (Å²) in [5.41, 5.74) is 1.15. The van der Waals surface area contributed by atoms with Gasteiger partial charge in [0.15, 0.2) is 15.9 Å². The maximum absolute atomic E-state index is 13.0. The Balaban J connectivity index is 1.46. The molecule has 0 unspecified atom stereocenters. The molecular weight excluding hydrogens is 425 g/mol. The van der Waals surface area contributed by atoms with Gasteiger partial charge in [-0.1, -0.05) is 35.2 Å². The smallest absolute Gasteiger partial charge is 0.273 e. The Morgan fingerprint density at radius 3 is 2.67 bits per heavy atom. The fourth-order valence-electron chi connectivity index (χ4n) is 3.29. The third-order valence-electron chi connectivity index (χ3n) is 4.90. The second-order valence-corrected chi connectivity index (χ2v) is 8.90. The number of thioether (sulfide) groups is 1. The van der Waals surface area contributed by atoms with E-state index in [0.717, 1.165) is 36.6 Å². The van der Waals surface area contributed by atoms with Crippen LogP contribution in [0.2, 0.25) is 0 Å². The molecule has 0 bridgehead atoms. The van der Waals surface area contributed by atoms with Crippen molar-refractivity contribution >= 4 is 44.5 Å². The van der Waals surface area contributed by atoms with Gasteiger partial charge in [-0.05, 0) is 37.5 Å². The summed E-state index contributed by atoms with van der Waals surface area (Å²) < 4.78 is 15.1. The summed E-state index contributed by atoms with van der Waals surface area (Å²) in [5.74, 6) is -0.366. The van der Waals surface area contributed by atoms with Gasteiger partial charge in [-0.2, -0.15) is 4.98 Å². The van der Waals surface area contributed by atoms with Crippen LogP contribution in [0.4, 0.5) is 9.52 Å². The van der Waals surface area contributed by atoms with E-state index in [2.05, 4.69) is 20.2 Å². The first-order chi connectivity index (χ1) is 14.5. The van der Waals surface area contributed by atoms with Crippen LogP contribution in [0.5, 0.6) is 0 Å². The van der Waals surface area contributed by atoms with Gasteiger partial charge in [-0.25, -0.2) is 9.37 Å². The van der Waals surface area contributed by atoms with Crippen molar-refractivity contribution < 1.29 is 9.18 Å². The number of carbonyl (C=O) groups is 1. The molecule has 0 aliphatic carbocycles. The number of nitrogens with zero attached hydrogens (tertiary/aromatic N) is 4. The Hall–Kier alpha value is -2.46. The molecule has 1 aliphatic rings. The minimum absolute atomic E-state index is 0.111. The molecule has 0 spiro atoms. The Bertz CT molecular complexity index is 1110. The van der Waals surface area contributed by atoms with Crippen molar-refractivity contribution in [3.05, 3.63) is 46.0 Å². The van der Waals surface area contributed by atoms with Gasteiger partial charge < -0.3 is 10.2 Å². The lowest BCUT2D eigenvalue weighted by Crippen LogP contribution is -2.26. The van der Waals surface area contributed by atoms with Gasteiger partial charge in [0.25, 0.3) is 5.56 Å². The van der Waals surface area contributed by atoms with Gasteiger partial charge in [0.2, 0.25) is 5.91 Å². The van der Waals surface area contributed by atoms with Crippen LogP contribution in [-0.2, 0) is 17.9 Å². The van der Waals surface area contributed by atoms with Crippen molar-refractivity contribution in [1.29, 1.82) is 0 Å². The molecule has 1 aliphatic heterocycles. The van der Waals surface area contributed by atoms with Gasteiger partial charge in [-0.15, -0.1) is 0 Å². The van der Waals surface area contributed by atoms with E-state index in [1.54, 1.807) is 16.7 Å². The molecule has 158 valence electrons. The maximum atomic E-state index is 13.0. The fraction of sp³-hybridized carbons (Fsp3) is 0.400. The highest BCUT2D eigenvalue weighted by atomic mass is 32.2. The van der Waals surface area contributed by atoms with Crippen LogP contribution in [0.15, 0.2) is 34.2 Å². The summed E-state index contributed by atoms with van der Waals surface area (Å²) in [7, 11) is 0. The highest BCUT2D eigenvalue weighted by Crippen LogP contribution is 2.29. The Morgan fingerprint density at radius 2 is 1.97 bits per heavy atom. The molecule has 7 nitrogen and oxygen atoms in total. The van der Waals surface area contributed by atoms with Crippen molar-refractivity contribution in [2.45, 2.75) is 38.0 Å². The van der Waals surface area contributed by atoms with E-state index in [4.69, 9.17) is 0 Å². The SMILES string of the molecule is CCn1c(SCC(=O)NCc2ccc(F)cc2)nc2nc(N3CCCC3)sc2c1=O. The molecule has 1 amide bonds. The van der Waals surface area contributed by atoms with Crippen LogP contribution in [-0.4, -0.2) is 39.3 Å². The number of amides is 1. The zero-order chi connectivity index (χ0) is 21.1. The van der Waals surface area contributed by atoms with E-state index in [-0.39, 0.29) is 23.0 Å². The van der Waals surface area contributed by atoms with E-state index >= 15 is 0 Å². The van der Waals surface area contributed by atoms with E-state index in [0.29, 0.717) is 28.6 Å². The molecule has 1 aromatic carbocycles. The summed E-state index contributed by atoms with van der Waals surface area (Å²) >= 11 is 2.61. The molecule has 30 heavy (non-hydrogen) atoms. The lowest BCUT2D eigenvalue weighted by atomic mass is 10.2. The number of nitrogens with one attached hydrogen (secondary N) is 1. The highest BCUT2D eigenvalue weighted by molar-refractivity contribution is 7.99. The zero-order valence-electron chi connectivity index (χ0n) is 16.6. The van der Waals surface area contributed by atoms with Crippen molar-refractivity contribution in [2.75, 3.05) is 23.7 Å². The predicted molar refractivity (Wildman–Crippen MR) is 118 cm³/mol. The summed E-state index contributed by atoms with van der Waals surface area (Å²) in [4.78, 5) is 36.5. The van der Waals surface area contributed by atoms with Crippen LogP contribution in [0.3, 0.4) is 0 Å². The molecular formula is C20H22FN5O2S2. The Kier molecular flexibility index (Phi) is 6.33. The number of rotatable bonds is 7. The molecule has 0 atom stereocenters. The summed E-state index contributed by atoms with van der Waals surface area (Å²) in [6.07, 6.45) is 2.27. The van der Waals surface area contributed by atoms with Crippen molar-refractivity contribution in [3.8, 4) is 0 Å². The van der Waals surface area contributed by atoms with Crippen molar-refractivity contribution in [3.63, 3.8) is 0 Å². The molecule has 1 saturated heterocycles. The number of fused-ring (bicyclic) bond motifs is 1. The molecule has 0 radical (unpaired) electrons. The van der Waals surface area contributed by atoms with Crippen LogP contribution in [0.25, 0.3) is 10.3 Å². The zero-order valence-corrected chi connectivity index (χ0v) is 18.2. The molecule has 2 aromatic heterocycles. The second-order valence-electron chi connectivity index (χ2n) is 6.98. The van der Waals surface area contributed by atoms with E-state index in [1.165, 1.54) is 35.2 Å². The third-order valence-corrected chi connectivity index (χ3v) is 6.97. The summed E-state index contributed by atoms with van der Waals surface area (Å²) in [6, 6.07) is 5.99. The Morgan fingerprint density at radius 1 is 1.23 bits per heavy atom. The topological polar surface area (TPSA) is 80.1 Å². The number of halogens is 1. The molecule has 4 rings (SSSR count). The number of hydrogen-bond donors (Lipinski definition) is 1. The molecule has 0 saturated carbocycles. The second kappa shape index (κ2) is 9.13. The first-order valence-electron chi connectivity index (χ1n) is 9.85. The van der Waals surface area contributed by atoms with Gasteiger partial charge in [-0.3, -0.25) is 14.2 Å². The van der Waals surface area contributed by atoms with Crippen LogP contribution < -0.4 is 15.8 Å². The molecule has 3 heterocycles. The molecule has 10 heteroatoms. The minimum Gasteiger partial charge on any atom is -0.351 e. The van der Waals surface area contributed by atoms with Crippen molar-refractivity contribution in [1.82, 2.24) is 19.9 Å². The maximum Gasteiger partial charge on any atom is 0.273 e. The van der Waals surface area contributed by atoms with E-state index < -0.39 is 0 Å². The highest BCUT2D eigenvalue weighted by Gasteiger charge is 2.20. The lowest BCUT2D eigenvalue weighted by Gasteiger charge is -2.11. The first-order valence-corrected chi connectivity index (χ1v) is 11.7. The normalized spacial score (nSPS) is 13.9. The van der Waals surface area contributed by atoms with E-state index in [1.807, 2.05) is 6.92 Å². The largest absolute Gasteiger partial charge is 0.351 e. The van der Waals surface area contributed by atoms with Gasteiger partial charge in [0.05, 0.1) is 5.75 Å². The average molecular weight is 448 g/mol. The number of anilines is 1. The van der Waals surface area contributed by atoms with Gasteiger partial charge in [0.1, 0.15) is 10.5 Å². The summed E-state index contributed by atoms with van der Waals surface area (Å²) in [6.45, 7) is 4.58. The molecule has 3 aromatic rings. The molecule has 1 fully saturated rings. The predicted octanol–water partition coefficient (Wildman–Crippen LogP) is 3.02. The number of benzene rings is 1. The van der Waals surface area contributed by atoms with Crippen LogP contribution >= 0.6 is 23.1 Å². The van der Waals surface area contributed by atoms with Gasteiger partial charge in [0, 0.05) is 26.2 Å². The Labute approximate surface area is 181 Å². The number of hydrogen-bond acceptors (Lipinski definition) is 7.